The fourth-order valence-corrected chi connectivity index (χ4v) is 3.99. The first-order chi connectivity index (χ1) is 14.2. The van der Waals surface area contributed by atoms with E-state index in [0.29, 0.717) is 24.2 Å². The quantitative estimate of drug-likeness (QED) is 0.640. The van der Waals surface area contributed by atoms with Crippen LogP contribution in [0.25, 0.3) is 11.3 Å². The molecule has 1 aliphatic rings. The third-order valence-corrected chi connectivity index (χ3v) is 5.49. The highest BCUT2D eigenvalue weighted by molar-refractivity contribution is 5.76. The van der Waals surface area contributed by atoms with Crippen LogP contribution in [0, 0.1) is 5.82 Å². The summed E-state index contributed by atoms with van der Waals surface area (Å²) in [6.07, 6.45) is 6.31. The van der Waals surface area contributed by atoms with Gasteiger partial charge >= 0.3 is 0 Å². The number of rotatable bonds is 5. The van der Waals surface area contributed by atoms with E-state index in [1.807, 2.05) is 35.2 Å². The van der Waals surface area contributed by atoms with Gasteiger partial charge in [0, 0.05) is 43.4 Å². The summed E-state index contributed by atoms with van der Waals surface area (Å²) in [4.78, 5) is 23.7. The number of hydrogen-bond acceptors (Lipinski definition) is 3. The molecule has 1 aliphatic heterocycles. The smallest absolute Gasteiger partial charge is 0.222 e. The maximum absolute atomic E-state index is 14.4. The van der Waals surface area contributed by atoms with E-state index >= 15 is 0 Å². The summed E-state index contributed by atoms with van der Waals surface area (Å²) in [5.74, 6) is -0.0801. The highest BCUT2D eigenvalue weighted by Crippen LogP contribution is 2.33. The van der Waals surface area contributed by atoms with Gasteiger partial charge < -0.3 is 4.90 Å². The molecule has 1 atom stereocenters. The van der Waals surface area contributed by atoms with Crippen LogP contribution in [0.4, 0.5) is 4.39 Å². The van der Waals surface area contributed by atoms with Crippen LogP contribution in [-0.4, -0.2) is 33.9 Å². The van der Waals surface area contributed by atoms with Crippen molar-refractivity contribution in [3.05, 3.63) is 84.1 Å². The van der Waals surface area contributed by atoms with Crippen LogP contribution >= 0.6 is 0 Å². The fraction of sp³-hybridized carbons (Fsp3) is 0.292. The normalized spacial score (nSPS) is 16.6. The van der Waals surface area contributed by atoms with Gasteiger partial charge in [0.1, 0.15) is 5.82 Å². The molecular formula is C24H24FN3O. The zero-order valence-corrected chi connectivity index (χ0v) is 16.3. The zero-order chi connectivity index (χ0) is 20.1. The SMILES string of the molecule is O=C(CCc1ccccc1)N1CCC[C@H](c2nccnc2-c2ccccc2F)C1. The van der Waals surface area contributed by atoms with E-state index in [2.05, 4.69) is 9.97 Å². The van der Waals surface area contributed by atoms with Gasteiger partial charge in [0.05, 0.1) is 11.4 Å². The number of aryl methyl sites for hydroxylation is 1. The van der Waals surface area contributed by atoms with Crippen molar-refractivity contribution >= 4 is 5.91 Å². The first-order valence-corrected chi connectivity index (χ1v) is 10.1. The van der Waals surface area contributed by atoms with Gasteiger partial charge in [-0.25, -0.2) is 4.39 Å². The maximum Gasteiger partial charge on any atom is 0.222 e. The average Bonchev–Trinajstić information content (AvgIpc) is 2.78. The Morgan fingerprint density at radius 2 is 1.79 bits per heavy atom. The molecule has 3 aromatic rings. The summed E-state index contributed by atoms with van der Waals surface area (Å²) in [5, 5.41) is 0. The molecule has 0 N–H and O–H groups in total. The van der Waals surface area contributed by atoms with Crippen molar-refractivity contribution in [2.75, 3.05) is 13.1 Å². The number of piperidine rings is 1. The van der Waals surface area contributed by atoms with Crippen molar-refractivity contribution in [2.24, 2.45) is 0 Å². The summed E-state index contributed by atoms with van der Waals surface area (Å²) >= 11 is 0. The van der Waals surface area contributed by atoms with Crippen molar-refractivity contribution in [1.29, 1.82) is 0 Å². The topological polar surface area (TPSA) is 46.1 Å². The number of likely N-dealkylation sites (tertiary alicyclic amines) is 1. The van der Waals surface area contributed by atoms with E-state index < -0.39 is 0 Å². The molecule has 5 heteroatoms. The highest BCUT2D eigenvalue weighted by atomic mass is 19.1. The Balaban J connectivity index is 1.49. The fourth-order valence-electron chi connectivity index (χ4n) is 3.99. The summed E-state index contributed by atoms with van der Waals surface area (Å²) < 4.78 is 14.4. The lowest BCUT2D eigenvalue weighted by atomic mass is 9.91. The lowest BCUT2D eigenvalue weighted by molar-refractivity contribution is -0.132. The molecule has 0 radical (unpaired) electrons. The third-order valence-electron chi connectivity index (χ3n) is 5.49. The summed E-state index contributed by atoms with van der Waals surface area (Å²) in [7, 11) is 0. The van der Waals surface area contributed by atoms with E-state index in [4.69, 9.17) is 0 Å². The Bertz CT molecular complexity index is 977. The van der Waals surface area contributed by atoms with Crippen molar-refractivity contribution in [3.8, 4) is 11.3 Å². The minimum Gasteiger partial charge on any atom is -0.342 e. The number of nitrogens with zero attached hydrogens (tertiary/aromatic N) is 3. The van der Waals surface area contributed by atoms with Crippen molar-refractivity contribution in [3.63, 3.8) is 0 Å². The molecule has 0 aliphatic carbocycles. The first kappa shape index (κ1) is 19.2. The van der Waals surface area contributed by atoms with Crippen LogP contribution in [0.5, 0.6) is 0 Å². The van der Waals surface area contributed by atoms with Gasteiger partial charge in [-0.05, 0) is 37.0 Å². The number of benzene rings is 2. The van der Waals surface area contributed by atoms with Crippen molar-refractivity contribution in [1.82, 2.24) is 14.9 Å². The first-order valence-electron chi connectivity index (χ1n) is 10.1. The van der Waals surface area contributed by atoms with Crippen LogP contribution in [-0.2, 0) is 11.2 Å². The standard InChI is InChI=1S/C24H24FN3O/c25-21-11-5-4-10-20(21)24-23(26-14-15-27-24)19-9-6-16-28(17-19)22(29)13-12-18-7-2-1-3-8-18/h1-5,7-8,10-11,14-15,19H,6,9,12-13,16-17H2/t19-/m0/s1. The van der Waals surface area contributed by atoms with E-state index in [-0.39, 0.29) is 17.6 Å². The number of amides is 1. The monoisotopic (exact) mass is 389 g/mol. The van der Waals surface area contributed by atoms with E-state index in [1.165, 1.54) is 11.6 Å². The number of carbonyl (C=O) groups is 1. The Morgan fingerprint density at radius 1 is 1.03 bits per heavy atom. The summed E-state index contributed by atoms with van der Waals surface area (Å²) in [6.45, 7) is 1.37. The van der Waals surface area contributed by atoms with Gasteiger partial charge in [0.15, 0.2) is 0 Å². The Hall–Kier alpha value is -3.08. The number of aromatic nitrogens is 2. The van der Waals surface area contributed by atoms with E-state index in [0.717, 1.165) is 31.5 Å². The average molecular weight is 389 g/mol. The predicted molar refractivity (Wildman–Crippen MR) is 111 cm³/mol. The van der Waals surface area contributed by atoms with Gasteiger partial charge in [-0.15, -0.1) is 0 Å². The van der Waals surface area contributed by atoms with Crippen LogP contribution in [0.1, 0.15) is 36.4 Å². The molecule has 0 unspecified atom stereocenters. The van der Waals surface area contributed by atoms with Crippen LogP contribution < -0.4 is 0 Å². The van der Waals surface area contributed by atoms with Gasteiger partial charge in [-0.3, -0.25) is 14.8 Å². The second-order valence-electron chi connectivity index (χ2n) is 7.43. The molecule has 4 rings (SSSR count). The molecule has 2 aromatic carbocycles. The molecule has 0 spiro atoms. The predicted octanol–water partition coefficient (Wildman–Crippen LogP) is 4.62. The minimum absolute atomic E-state index is 0.0627. The largest absolute Gasteiger partial charge is 0.342 e. The van der Waals surface area contributed by atoms with Crippen LogP contribution in [0.2, 0.25) is 0 Å². The zero-order valence-electron chi connectivity index (χ0n) is 16.3. The maximum atomic E-state index is 14.4. The number of carbonyl (C=O) groups excluding carboxylic acids is 1. The lowest BCUT2D eigenvalue weighted by Gasteiger charge is -2.33. The lowest BCUT2D eigenvalue weighted by Crippen LogP contribution is -2.39. The molecule has 148 valence electrons. The Kier molecular flexibility index (Phi) is 5.94. The van der Waals surface area contributed by atoms with Crippen LogP contribution in [0.3, 0.4) is 0 Å². The number of halogens is 1. The molecule has 1 saturated heterocycles. The Labute approximate surface area is 170 Å². The highest BCUT2D eigenvalue weighted by Gasteiger charge is 2.28. The third kappa shape index (κ3) is 4.50. The molecule has 1 amide bonds. The van der Waals surface area contributed by atoms with Crippen molar-refractivity contribution < 1.29 is 9.18 Å². The molecular weight excluding hydrogens is 365 g/mol. The summed E-state index contributed by atoms with van der Waals surface area (Å²) in [5.41, 5.74) is 2.99. The van der Waals surface area contributed by atoms with Crippen LogP contribution in [0.15, 0.2) is 67.0 Å². The minimum atomic E-state index is -0.305. The van der Waals surface area contributed by atoms with E-state index in [1.54, 1.807) is 30.6 Å². The molecule has 0 saturated carbocycles. The second kappa shape index (κ2) is 8.95. The van der Waals surface area contributed by atoms with Gasteiger partial charge in [-0.1, -0.05) is 42.5 Å². The molecule has 2 heterocycles. The van der Waals surface area contributed by atoms with Gasteiger partial charge in [0.25, 0.3) is 0 Å². The van der Waals surface area contributed by atoms with Gasteiger partial charge in [0.2, 0.25) is 5.91 Å². The van der Waals surface area contributed by atoms with Gasteiger partial charge in [-0.2, -0.15) is 0 Å². The molecule has 1 aromatic heterocycles. The molecule has 0 bridgehead atoms. The summed E-state index contributed by atoms with van der Waals surface area (Å²) in [6, 6.07) is 16.7. The molecule has 1 fully saturated rings. The van der Waals surface area contributed by atoms with E-state index in [9.17, 15) is 9.18 Å². The second-order valence-corrected chi connectivity index (χ2v) is 7.43. The number of hydrogen-bond donors (Lipinski definition) is 0. The molecule has 29 heavy (non-hydrogen) atoms. The van der Waals surface area contributed by atoms with Crippen molar-refractivity contribution in [2.45, 2.75) is 31.6 Å². The molecule has 4 nitrogen and oxygen atoms in total. The Morgan fingerprint density at radius 3 is 2.62 bits per heavy atom.